The third-order valence-electron chi connectivity index (χ3n) is 4.88. The van der Waals surface area contributed by atoms with Crippen LogP contribution in [0.2, 0.25) is 0 Å². The molecule has 32 heavy (non-hydrogen) atoms. The summed E-state index contributed by atoms with van der Waals surface area (Å²) < 4.78 is 3.92. The largest absolute Gasteiger partial charge is 0.338 e. The molecule has 1 aromatic carbocycles. The molecule has 164 valence electrons. The Morgan fingerprint density at radius 1 is 1.12 bits per heavy atom. The van der Waals surface area contributed by atoms with Gasteiger partial charge in [0.1, 0.15) is 11.3 Å². The van der Waals surface area contributed by atoms with Crippen LogP contribution in [0.25, 0.3) is 17.1 Å². The highest BCUT2D eigenvalue weighted by atomic mass is 32.2. The molecule has 0 aliphatic heterocycles. The number of hydrogen-bond donors (Lipinski definition) is 2. The summed E-state index contributed by atoms with van der Waals surface area (Å²) in [6.45, 7) is 8.05. The van der Waals surface area contributed by atoms with Crippen molar-refractivity contribution < 1.29 is 0 Å². The van der Waals surface area contributed by atoms with Crippen molar-refractivity contribution >= 4 is 57.9 Å². The minimum Gasteiger partial charge on any atom is -0.338 e. The van der Waals surface area contributed by atoms with Gasteiger partial charge in [0, 0.05) is 49.7 Å². The molecule has 2 N–H and O–H groups in total. The van der Waals surface area contributed by atoms with Gasteiger partial charge in [-0.3, -0.25) is 14.6 Å². The third-order valence-corrected chi connectivity index (χ3v) is 5.61. The molecule has 0 atom stereocenters. The fourth-order valence-electron chi connectivity index (χ4n) is 3.18. The van der Waals surface area contributed by atoms with Crippen LogP contribution in [0, 0.1) is 0 Å². The molecule has 0 aliphatic carbocycles. The Balaban J connectivity index is 1.71. The van der Waals surface area contributed by atoms with E-state index in [0.717, 1.165) is 33.7 Å². The second kappa shape index (κ2) is 9.23. The van der Waals surface area contributed by atoms with Crippen molar-refractivity contribution in [3.63, 3.8) is 0 Å². The van der Waals surface area contributed by atoms with Crippen molar-refractivity contribution in [1.82, 2.24) is 29.7 Å². The fraction of sp³-hybridized carbons (Fsp3) is 0.227. The summed E-state index contributed by atoms with van der Waals surface area (Å²) in [5.74, 6) is 1.09. The maximum Gasteiger partial charge on any atom is 0.229 e. The number of aromatic nitrogens is 6. The number of benzene rings is 1. The first kappa shape index (κ1) is 21.6. The first-order chi connectivity index (χ1) is 15.5. The van der Waals surface area contributed by atoms with Gasteiger partial charge in [-0.1, -0.05) is 24.6 Å². The minimum absolute atomic E-state index is 0.273. The Kier molecular flexibility index (Phi) is 6.22. The van der Waals surface area contributed by atoms with E-state index in [9.17, 15) is 0 Å². The van der Waals surface area contributed by atoms with E-state index < -0.39 is 0 Å². The topological polar surface area (TPSA) is 96.7 Å². The quantitative estimate of drug-likeness (QED) is 0.360. The van der Waals surface area contributed by atoms with E-state index in [0.29, 0.717) is 11.8 Å². The van der Waals surface area contributed by atoms with Gasteiger partial charge in [-0.05, 0) is 26.0 Å². The molecule has 10 heteroatoms. The summed E-state index contributed by atoms with van der Waals surface area (Å²) in [7, 11) is 1.99. The molecular formula is C22H25N9S. The average Bonchev–Trinajstić information content (AvgIpc) is 3.27. The number of rotatable bonds is 8. The van der Waals surface area contributed by atoms with Gasteiger partial charge < -0.3 is 14.9 Å². The van der Waals surface area contributed by atoms with Gasteiger partial charge in [-0.15, -0.1) is 0 Å². The molecule has 0 radical (unpaired) electrons. The van der Waals surface area contributed by atoms with Crippen LogP contribution >= 0.6 is 11.9 Å². The average molecular weight is 448 g/mol. The molecular weight excluding hydrogens is 422 g/mol. The van der Waals surface area contributed by atoms with Crippen molar-refractivity contribution in [2.24, 2.45) is 0 Å². The number of nitrogens with one attached hydrogen (secondary N) is 2. The Morgan fingerprint density at radius 3 is 2.66 bits per heavy atom. The highest BCUT2D eigenvalue weighted by Gasteiger charge is 2.16. The fourth-order valence-corrected chi connectivity index (χ4v) is 3.54. The van der Waals surface area contributed by atoms with E-state index in [1.54, 1.807) is 42.8 Å². The maximum absolute atomic E-state index is 4.69. The highest BCUT2D eigenvalue weighted by molar-refractivity contribution is 7.99. The van der Waals surface area contributed by atoms with Crippen molar-refractivity contribution in [2.75, 3.05) is 28.2 Å². The van der Waals surface area contributed by atoms with E-state index in [-0.39, 0.29) is 6.04 Å². The predicted octanol–water partition coefficient (Wildman–Crippen LogP) is 5.04. The molecule has 4 rings (SSSR count). The van der Waals surface area contributed by atoms with Crippen molar-refractivity contribution in [3.8, 4) is 0 Å². The lowest BCUT2D eigenvalue weighted by molar-refractivity contribution is 0.532. The maximum atomic E-state index is 4.69. The van der Waals surface area contributed by atoms with Crippen molar-refractivity contribution in [3.05, 3.63) is 55.3 Å². The summed E-state index contributed by atoms with van der Waals surface area (Å²) in [6, 6.07) is 4.19. The van der Waals surface area contributed by atoms with Crippen LogP contribution < -0.4 is 14.9 Å². The molecule has 3 aromatic heterocycles. The van der Waals surface area contributed by atoms with E-state index in [4.69, 9.17) is 4.98 Å². The molecule has 4 aromatic rings. The molecule has 0 saturated carbocycles. The summed E-state index contributed by atoms with van der Waals surface area (Å²) in [6.07, 6.45) is 12.5. The van der Waals surface area contributed by atoms with E-state index in [1.165, 1.54) is 0 Å². The monoisotopic (exact) mass is 447 g/mol. The van der Waals surface area contributed by atoms with Crippen LogP contribution in [0.15, 0.2) is 49.7 Å². The summed E-state index contributed by atoms with van der Waals surface area (Å²) in [5, 5.41) is 11.0. The van der Waals surface area contributed by atoms with Gasteiger partial charge in [0.05, 0.1) is 28.8 Å². The van der Waals surface area contributed by atoms with Crippen LogP contribution in [-0.4, -0.2) is 43.0 Å². The lowest BCUT2D eigenvalue weighted by Crippen LogP contribution is -2.10. The summed E-state index contributed by atoms with van der Waals surface area (Å²) in [4.78, 5) is 18.1. The number of fused-ring (bicyclic) bond motifs is 1. The van der Waals surface area contributed by atoms with Gasteiger partial charge in [0.15, 0.2) is 0 Å². The second-order valence-corrected chi connectivity index (χ2v) is 8.23. The lowest BCUT2D eigenvalue weighted by atomic mass is 10.2. The molecule has 0 fully saturated rings. The van der Waals surface area contributed by atoms with Crippen LogP contribution in [0.1, 0.15) is 25.5 Å². The zero-order valence-electron chi connectivity index (χ0n) is 18.4. The number of nitrogens with zero attached hydrogens (tertiary/aromatic N) is 7. The SMILES string of the molecule is C=Cc1cnc(Nc2cnn(C(C)C)c2)nc1Nc1ccc2nccnc2c1N(C)SC. The summed E-state index contributed by atoms with van der Waals surface area (Å²) >= 11 is 1.59. The van der Waals surface area contributed by atoms with Gasteiger partial charge >= 0.3 is 0 Å². The molecule has 9 nitrogen and oxygen atoms in total. The van der Waals surface area contributed by atoms with Crippen LogP contribution in [0.5, 0.6) is 0 Å². The minimum atomic E-state index is 0.273. The Bertz CT molecular complexity index is 1250. The van der Waals surface area contributed by atoms with Gasteiger partial charge in [-0.2, -0.15) is 10.1 Å². The normalized spacial score (nSPS) is 11.0. The van der Waals surface area contributed by atoms with Crippen LogP contribution in [0.3, 0.4) is 0 Å². The molecule has 0 saturated heterocycles. The first-order valence-electron chi connectivity index (χ1n) is 10.1. The lowest BCUT2D eigenvalue weighted by Gasteiger charge is -2.22. The zero-order valence-corrected chi connectivity index (χ0v) is 19.3. The molecule has 0 unspecified atom stereocenters. The predicted molar refractivity (Wildman–Crippen MR) is 133 cm³/mol. The highest BCUT2D eigenvalue weighted by Crippen LogP contribution is 2.36. The van der Waals surface area contributed by atoms with Crippen LogP contribution in [-0.2, 0) is 0 Å². The number of hydrogen-bond acceptors (Lipinski definition) is 9. The van der Waals surface area contributed by atoms with E-state index >= 15 is 0 Å². The van der Waals surface area contributed by atoms with Crippen LogP contribution in [0.4, 0.5) is 28.8 Å². The van der Waals surface area contributed by atoms with E-state index in [2.05, 4.69) is 51.1 Å². The Hall–Kier alpha value is -3.66. The second-order valence-electron chi connectivity index (χ2n) is 7.32. The van der Waals surface area contributed by atoms with Gasteiger partial charge in [0.25, 0.3) is 0 Å². The van der Waals surface area contributed by atoms with Crippen molar-refractivity contribution in [2.45, 2.75) is 19.9 Å². The van der Waals surface area contributed by atoms with Crippen molar-refractivity contribution in [1.29, 1.82) is 0 Å². The van der Waals surface area contributed by atoms with Gasteiger partial charge in [0.2, 0.25) is 5.95 Å². The zero-order chi connectivity index (χ0) is 22.7. The Labute approximate surface area is 191 Å². The number of anilines is 5. The molecule has 3 heterocycles. The first-order valence-corrected chi connectivity index (χ1v) is 11.3. The molecule has 0 bridgehead atoms. The standard InChI is InChI=1S/C22H25N9S/c1-6-15-11-25-22(27-16-12-26-31(13-16)14(2)3)29-21(15)28-18-8-7-17-19(24-10-9-23-17)20(18)30(4)32-5/h6-14H,1H2,2-5H3,(H2,25,27,28,29). The molecule has 0 amide bonds. The smallest absolute Gasteiger partial charge is 0.229 e. The Morgan fingerprint density at radius 2 is 1.94 bits per heavy atom. The van der Waals surface area contributed by atoms with Gasteiger partial charge in [-0.25, -0.2) is 4.98 Å². The third kappa shape index (κ3) is 4.35. The molecule has 0 spiro atoms. The summed E-state index contributed by atoms with van der Waals surface area (Å²) in [5.41, 5.74) is 5.01. The molecule has 0 aliphatic rings. The van der Waals surface area contributed by atoms with E-state index in [1.807, 2.05) is 40.6 Å².